The number of aromatic nitrogens is 2. The molecule has 0 unspecified atom stereocenters. The van der Waals surface area contributed by atoms with Gasteiger partial charge in [0.15, 0.2) is 0 Å². The first kappa shape index (κ1) is 42.4. The van der Waals surface area contributed by atoms with Gasteiger partial charge in [-0.15, -0.1) is 36.3 Å². The second-order valence-corrected chi connectivity index (χ2v) is 20.4. The van der Waals surface area contributed by atoms with Crippen molar-refractivity contribution in [3.8, 4) is 39.6 Å². The third-order valence-electron chi connectivity index (χ3n) is 13.9. The topological polar surface area (TPSA) is 33.5 Å². The van der Waals surface area contributed by atoms with E-state index < -0.39 is 0 Å². The van der Waals surface area contributed by atoms with Gasteiger partial charge in [0.2, 0.25) is 0 Å². The number of pyridine rings is 1. The van der Waals surface area contributed by atoms with Crippen molar-refractivity contribution >= 4 is 76.1 Å². The Bertz CT molecular complexity index is 3810. The van der Waals surface area contributed by atoms with Gasteiger partial charge in [-0.25, -0.2) is 4.98 Å². The molecular weight excluding hydrogens is 1030 g/mol. The number of benzene rings is 8. The minimum Gasteiger partial charge on any atom is -0.509 e. The molecule has 0 spiro atoms. The third-order valence-corrected chi connectivity index (χ3v) is 15.0. The van der Waals surface area contributed by atoms with Crippen LogP contribution in [0.25, 0.3) is 70.0 Å². The standard InChI is InChI=1S/C61H45N4OS.Pt/c1-60(2,3)39-31-32-62-56(33-39)65-49-23-13-10-19-43(49)44-28-27-40(34-52(44)65)66-41-35-53(58-46-21-11-16-26-54(46)67-55(58)36-41)63-37-64(51-25-15-14-24-50(51)63)59-42(38-17-7-6-8-18-38)29-30-48-57(59)45-20-9-12-22-47(45)61(48,4)5;/h6-33,36-37H,1-5H3;/q-3;. The van der Waals surface area contributed by atoms with Crippen molar-refractivity contribution in [3.63, 3.8) is 0 Å². The quantitative estimate of drug-likeness (QED) is 0.155. The molecule has 1 aliphatic heterocycles. The van der Waals surface area contributed by atoms with Gasteiger partial charge in [-0.05, 0) is 75.0 Å². The summed E-state index contributed by atoms with van der Waals surface area (Å²) in [6.45, 7) is 13.7. The van der Waals surface area contributed by atoms with Crippen LogP contribution in [0.5, 0.6) is 11.5 Å². The van der Waals surface area contributed by atoms with Crippen LogP contribution < -0.4 is 14.5 Å². The van der Waals surface area contributed by atoms with E-state index in [-0.39, 0.29) is 31.9 Å². The molecule has 0 amide bonds. The van der Waals surface area contributed by atoms with Gasteiger partial charge in [0, 0.05) is 82.6 Å². The van der Waals surface area contributed by atoms with Crippen LogP contribution in [0, 0.1) is 18.8 Å². The molecule has 0 N–H and O–H groups in total. The first-order chi connectivity index (χ1) is 32.6. The third kappa shape index (κ3) is 6.49. The van der Waals surface area contributed by atoms with Crippen LogP contribution in [0.15, 0.2) is 176 Å². The van der Waals surface area contributed by atoms with Crippen LogP contribution in [0.1, 0.15) is 51.3 Å². The average Bonchev–Trinajstić information content (AvgIpc) is 4.08. The maximum atomic E-state index is 6.96. The number of hydrogen-bond acceptors (Lipinski definition) is 5. The summed E-state index contributed by atoms with van der Waals surface area (Å²) in [4.78, 5) is 9.65. The van der Waals surface area contributed by atoms with Crippen molar-refractivity contribution in [1.29, 1.82) is 0 Å². The van der Waals surface area contributed by atoms with E-state index in [9.17, 15) is 0 Å². The minimum atomic E-state index is -0.169. The monoisotopic (exact) mass is 1080 g/mol. The Kier molecular flexibility index (Phi) is 9.85. The predicted octanol–water partition coefficient (Wildman–Crippen LogP) is 16.6. The van der Waals surface area contributed by atoms with Gasteiger partial charge < -0.3 is 19.1 Å². The SMILES string of the molecule is CC(C)(C)c1ccnc(-n2c3[c-]c(Oc4[c-]c(N5[CH-]N(c6c(-c7ccccc7)ccc7c6-c6ccccc6C7(C)C)c6ccccc65)c5c(c4)sc4ccccc45)ccc3c3ccccc32)c1.[Pt]. The number of para-hydroxylation sites is 3. The van der Waals surface area contributed by atoms with E-state index in [2.05, 4.69) is 232 Å². The molecule has 0 atom stereocenters. The van der Waals surface area contributed by atoms with Gasteiger partial charge in [-0.3, -0.25) is 0 Å². The molecule has 334 valence electrons. The molecule has 8 aromatic carbocycles. The maximum Gasteiger partial charge on any atom is 0.135 e. The minimum absolute atomic E-state index is 0. The summed E-state index contributed by atoms with van der Waals surface area (Å²) in [5, 5.41) is 4.56. The summed E-state index contributed by atoms with van der Waals surface area (Å²) in [7, 11) is 0. The van der Waals surface area contributed by atoms with E-state index in [0.717, 1.165) is 60.5 Å². The molecule has 7 heteroatoms. The molecule has 5 nitrogen and oxygen atoms in total. The number of fused-ring (bicyclic) bond motifs is 10. The Labute approximate surface area is 415 Å². The summed E-state index contributed by atoms with van der Waals surface area (Å²) in [6.07, 6.45) is 1.91. The van der Waals surface area contributed by atoms with Gasteiger partial charge in [0.25, 0.3) is 0 Å². The predicted molar refractivity (Wildman–Crippen MR) is 279 cm³/mol. The molecule has 1 aliphatic carbocycles. The number of nitrogens with zero attached hydrogens (tertiary/aromatic N) is 4. The summed E-state index contributed by atoms with van der Waals surface area (Å²) < 4.78 is 11.5. The van der Waals surface area contributed by atoms with Crippen molar-refractivity contribution in [1.82, 2.24) is 9.55 Å². The van der Waals surface area contributed by atoms with Crippen LogP contribution in [-0.4, -0.2) is 9.55 Å². The molecule has 2 aliphatic rings. The Morgan fingerprint density at radius 2 is 1.34 bits per heavy atom. The Balaban J connectivity index is 0.00000480. The van der Waals surface area contributed by atoms with Crippen molar-refractivity contribution in [2.24, 2.45) is 0 Å². The second-order valence-electron chi connectivity index (χ2n) is 19.3. The van der Waals surface area contributed by atoms with Gasteiger partial charge in [0.1, 0.15) is 5.82 Å². The van der Waals surface area contributed by atoms with Crippen LogP contribution in [0.2, 0.25) is 0 Å². The van der Waals surface area contributed by atoms with Crippen molar-refractivity contribution < 1.29 is 25.8 Å². The van der Waals surface area contributed by atoms with E-state index in [1.807, 2.05) is 12.3 Å². The summed E-state index contributed by atoms with van der Waals surface area (Å²) >= 11 is 1.78. The molecule has 4 heterocycles. The first-order valence-electron chi connectivity index (χ1n) is 22.9. The Hall–Kier alpha value is -6.98. The average molecular weight is 1080 g/mol. The van der Waals surface area contributed by atoms with E-state index in [1.165, 1.54) is 49.0 Å². The maximum absolute atomic E-state index is 6.96. The Morgan fingerprint density at radius 3 is 2.16 bits per heavy atom. The summed E-state index contributed by atoms with van der Waals surface area (Å²) in [6, 6.07) is 68.5. The van der Waals surface area contributed by atoms with Crippen molar-refractivity contribution in [2.75, 3.05) is 9.80 Å². The smallest absolute Gasteiger partial charge is 0.135 e. The molecule has 0 radical (unpaired) electrons. The molecule has 0 fully saturated rings. The molecule has 0 saturated carbocycles. The van der Waals surface area contributed by atoms with Crippen LogP contribution >= 0.6 is 11.3 Å². The van der Waals surface area contributed by atoms with Crippen molar-refractivity contribution in [2.45, 2.75) is 45.4 Å². The molecule has 11 aromatic rings. The first-order valence-corrected chi connectivity index (χ1v) is 23.8. The van der Waals surface area contributed by atoms with Crippen molar-refractivity contribution in [3.05, 3.63) is 212 Å². The zero-order valence-corrected chi connectivity index (χ0v) is 41.3. The van der Waals surface area contributed by atoms with Gasteiger partial charge in [-0.2, -0.15) is 17.4 Å². The number of thiophene rings is 1. The zero-order chi connectivity index (χ0) is 45.2. The van der Waals surface area contributed by atoms with E-state index in [0.29, 0.717) is 11.5 Å². The molecule has 0 saturated heterocycles. The fourth-order valence-corrected chi connectivity index (χ4v) is 11.8. The van der Waals surface area contributed by atoms with E-state index in [1.54, 1.807) is 11.3 Å². The molecular formula is C61H45N4OPtS-3. The van der Waals surface area contributed by atoms with Gasteiger partial charge >= 0.3 is 0 Å². The fraction of sp³-hybridized carbons (Fsp3) is 0.115. The normalized spacial score (nSPS) is 13.8. The van der Waals surface area contributed by atoms with Crippen LogP contribution in [0.4, 0.5) is 22.7 Å². The molecule has 0 bridgehead atoms. The number of anilines is 4. The molecule has 13 rings (SSSR count). The van der Waals surface area contributed by atoms with Gasteiger partial charge in [-0.1, -0.05) is 177 Å². The second kappa shape index (κ2) is 15.8. The van der Waals surface area contributed by atoms with E-state index >= 15 is 0 Å². The van der Waals surface area contributed by atoms with Gasteiger partial charge in [0.05, 0.1) is 0 Å². The molecule has 68 heavy (non-hydrogen) atoms. The van der Waals surface area contributed by atoms with Crippen LogP contribution in [-0.2, 0) is 31.9 Å². The Morgan fingerprint density at radius 1 is 0.618 bits per heavy atom. The van der Waals surface area contributed by atoms with E-state index in [4.69, 9.17) is 9.72 Å². The summed E-state index contributed by atoms with van der Waals surface area (Å²) in [5.74, 6) is 2.07. The number of rotatable bonds is 6. The number of ether oxygens (including phenoxy) is 1. The molecule has 3 aromatic heterocycles. The summed E-state index contributed by atoms with van der Waals surface area (Å²) in [5.41, 5.74) is 14.8. The largest absolute Gasteiger partial charge is 0.509 e. The van der Waals surface area contributed by atoms with Crippen LogP contribution in [0.3, 0.4) is 0 Å². The number of hydrogen-bond donors (Lipinski definition) is 0. The fourth-order valence-electron chi connectivity index (χ4n) is 10.6. The zero-order valence-electron chi connectivity index (χ0n) is 38.2.